The van der Waals surface area contributed by atoms with Crippen LogP contribution >= 0.6 is 0 Å². The van der Waals surface area contributed by atoms with Gasteiger partial charge in [-0.05, 0) is 37.5 Å². The highest BCUT2D eigenvalue weighted by molar-refractivity contribution is 6.62. The van der Waals surface area contributed by atoms with Gasteiger partial charge in [0.15, 0.2) is 0 Å². The molecule has 0 aromatic rings. The van der Waals surface area contributed by atoms with Gasteiger partial charge in [0, 0.05) is 26.9 Å². The maximum absolute atomic E-state index is 5.82. The highest BCUT2D eigenvalue weighted by Crippen LogP contribution is 2.53. The fourth-order valence-electron chi connectivity index (χ4n) is 4.23. The number of hydrogen-bond acceptors (Lipinski definition) is 3. The van der Waals surface area contributed by atoms with Crippen molar-refractivity contribution in [2.75, 3.05) is 21.3 Å². The second-order valence-electron chi connectivity index (χ2n) is 6.25. The van der Waals surface area contributed by atoms with E-state index in [9.17, 15) is 0 Å². The fraction of sp³-hybridized carbons (Fsp3) is 0.875. The molecule has 0 amide bonds. The zero-order chi connectivity index (χ0) is 14.6. The van der Waals surface area contributed by atoms with Gasteiger partial charge in [-0.3, -0.25) is 0 Å². The third-order valence-electron chi connectivity index (χ3n) is 5.28. The summed E-state index contributed by atoms with van der Waals surface area (Å²) in [7, 11) is 2.76. The van der Waals surface area contributed by atoms with E-state index < -0.39 is 8.80 Å². The van der Waals surface area contributed by atoms with Gasteiger partial charge in [-0.25, -0.2) is 0 Å². The smallest absolute Gasteiger partial charge is 0.377 e. The minimum atomic E-state index is -2.53. The fourth-order valence-corrected chi connectivity index (χ4v) is 7.11. The van der Waals surface area contributed by atoms with Crippen molar-refractivity contribution in [3.05, 3.63) is 11.6 Å². The molecule has 20 heavy (non-hydrogen) atoms. The molecule has 0 aromatic carbocycles. The van der Waals surface area contributed by atoms with Crippen LogP contribution in [0.1, 0.15) is 51.9 Å². The molecule has 0 N–H and O–H groups in total. The third-order valence-corrected chi connectivity index (χ3v) is 8.61. The first-order valence-electron chi connectivity index (χ1n) is 8.04. The second-order valence-corrected chi connectivity index (χ2v) is 9.42. The normalized spacial score (nSPS) is 26.9. The molecular formula is C16H30O3Si. The molecule has 2 rings (SSSR count). The van der Waals surface area contributed by atoms with Gasteiger partial charge in [0.25, 0.3) is 0 Å². The predicted octanol–water partition coefficient (Wildman–Crippen LogP) is 4.17. The molecule has 3 nitrogen and oxygen atoms in total. The Morgan fingerprint density at radius 3 is 2.30 bits per heavy atom. The van der Waals surface area contributed by atoms with Gasteiger partial charge >= 0.3 is 8.80 Å². The van der Waals surface area contributed by atoms with E-state index in [4.69, 9.17) is 13.3 Å². The first-order chi connectivity index (χ1) is 9.70. The lowest BCUT2D eigenvalue weighted by Crippen LogP contribution is -2.50. The maximum Gasteiger partial charge on any atom is 0.503 e. The van der Waals surface area contributed by atoms with Crippen molar-refractivity contribution in [3.63, 3.8) is 0 Å². The number of fused-ring (bicyclic) bond motifs is 2. The molecule has 1 saturated carbocycles. The number of unbranched alkanes of at least 4 members (excludes halogenated alkanes) is 2. The molecule has 4 heteroatoms. The Morgan fingerprint density at radius 2 is 1.85 bits per heavy atom. The van der Waals surface area contributed by atoms with Crippen LogP contribution in [0.2, 0.25) is 5.54 Å². The molecule has 3 atom stereocenters. The molecule has 0 heterocycles. The lowest BCUT2D eigenvalue weighted by molar-refractivity contribution is 0.0934. The molecule has 0 spiro atoms. The Bertz CT molecular complexity index is 330. The van der Waals surface area contributed by atoms with Gasteiger partial charge in [0.2, 0.25) is 0 Å². The molecule has 0 aromatic heterocycles. The molecule has 1 fully saturated rings. The van der Waals surface area contributed by atoms with Gasteiger partial charge in [-0.15, -0.1) is 0 Å². The number of rotatable bonds is 9. The van der Waals surface area contributed by atoms with Crippen molar-refractivity contribution in [2.45, 2.75) is 57.4 Å². The molecule has 2 aliphatic carbocycles. The maximum atomic E-state index is 5.82. The van der Waals surface area contributed by atoms with Crippen LogP contribution in [-0.2, 0) is 13.3 Å². The van der Waals surface area contributed by atoms with Crippen molar-refractivity contribution in [2.24, 2.45) is 11.8 Å². The van der Waals surface area contributed by atoms with E-state index in [1.165, 1.54) is 44.9 Å². The molecule has 2 bridgehead atoms. The van der Waals surface area contributed by atoms with Crippen LogP contribution in [0.4, 0.5) is 0 Å². The van der Waals surface area contributed by atoms with Crippen molar-refractivity contribution in [3.8, 4) is 0 Å². The highest BCUT2D eigenvalue weighted by Gasteiger charge is 2.54. The molecule has 0 saturated heterocycles. The summed E-state index contributed by atoms with van der Waals surface area (Å²) in [6.07, 6.45) is 11.2. The SMILES string of the molecule is CCCCCC(C1CC2=CCC1C2)[Si](OC)(OC)OC. The zero-order valence-electron chi connectivity index (χ0n) is 13.5. The third kappa shape index (κ3) is 3.03. The number of allylic oxidation sites excluding steroid dienone is 2. The minimum absolute atomic E-state index is 0.463. The average molecular weight is 298 g/mol. The first-order valence-corrected chi connectivity index (χ1v) is 9.84. The van der Waals surface area contributed by atoms with Crippen molar-refractivity contribution in [1.29, 1.82) is 0 Å². The Balaban J connectivity index is 2.13. The molecule has 0 radical (unpaired) electrons. The van der Waals surface area contributed by atoms with Gasteiger partial charge in [-0.2, -0.15) is 0 Å². The standard InChI is InChI=1S/C16H30O3Si/c1-5-6-7-8-16(20(17-2,18-3)19-4)15-12-13-9-10-14(15)11-13/h9,14-16H,5-8,10-12H2,1-4H3. The summed E-state index contributed by atoms with van der Waals surface area (Å²) in [4.78, 5) is 0. The molecule has 116 valence electrons. The van der Waals surface area contributed by atoms with E-state index in [0.29, 0.717) is 11.5 Å². The van der Waals surface area contributed by atoms with Crippen LogP contribution in [0.15, 0.2) is 11.6 Å². The second kappa shape index (κ2) is 7.21. The Kier molecular flexibility index (Phi) is 5.84. The van der Waals surface area contributed by atoms with E-state index in [1.54, 1.807) is 26.9 Å². The topological polar surface area (TPSA) is 27.7 Å². The molecule has 0 aliphatic heterocycles. The quantitative estimate of drug-likeness (QED) is 0.363. The summed E-state index contributed by atoms with van der Waals surface area (Å²) in [5, 5.41) is 0. The number of hydrogen-bond donors (Lipinski definition) is 0. The lowest BCUT2D eigenvalue weighted by Gasteiger charge is -2.38. The molecule has 2 aliphatic rings. The van der Waals surface area contributed by atoms with E-state index >= 15 is 0 Å². The summed E-state index contributed by atoms with van der Waals surface area (Å²) in [6, 6.07) is 0. The van der Waals surface area contributed by atoms with Crippen LogP contribution in [0.5, 0.6) is 0 Å². The van der Waals surface area contributed by atoms with E-state index in [2.05, 4.69) is 13.0 Å². The van der Waals surface area contributed by atoms with Crippen LogP contribution in [0.3, 0.4) is 0 Å². The van der Waals surface area contributed by atoms with Gasteiger partial charge in [0.1, 0.15) is 0 Å². The Labute approximate surface area is 125 Å². The summed E-state index contributed by atoms with van der Waals surface area (Å²) in [5.74, 6) is 1.52. The predicted molar refractivity (Wildman–Crippen MR) is 83.6 cm³/mol. The van der Waals surface area contributed by atoms with Crippen molar-refractivity contribution in [1.82, 2.24) is 0 Å². The van der Waals surface area contributed by atoms with Crippen LogP contribution in [0.25, 0.3) is 0 Å². The van der Waals surface area contributed by atoms with Crippen LogP contribution in [-0.4, -0.2) is 30.1 Å². The summed E-state index contributed by atoms with van der Waals surface area (Å²) < 4.78 is 17.5. The monoisotopic (exact) mass is 298 g/mol. The van der Waals surface area contributed by atoms with E-state index in [-0.39, 0.29) is 0 Å². The lowest BCUT2D eigenvalue weighted by atomic mass is 9.86. The molecular weight excluding hydrogens is 268 g/mol. The minimum Gasteiger partial charge on any atom is -0.377 e. The summed E-state index contributed by atoms with van der Waals surface area (Å²) in [6.45, 7) is 2.25. The highest BCUT2D eigenvalue weighted by atomic mass is 28.4. The van der Waals surface area contributed by atoms with Crippen molar-refractivity contribution >= 4 is 8.80 Å². The van der Waals surface area contributed by atoms with Gasteiger partial charge in [-0.1, -0.05) is 37.8 Å². The van der Waals surface area contributed by atoms with E-state index in [1.807, 2.05) is 0 Å². The largest absolute Gasteiger partial charge is 0.503 e. The zero-order valence-corrected chi connectivity index (χ0v) is 14.5. The molecule has 3 unspecified atom stereocenters. The summed E-state index contributed by atoms with van der Waals surface area (Å²) >= 11 is 0. The van der Waals surface area contributed by atoms with Crippen molar-refractivity contribution < 1.29 is 13.3 Å². The van der Waals surface area contributed by atoms with Crippen LogP contribution < -0.4 is 0 Å². The van der Waals surface area contributed by atoms with Gasteiger partial charge in [0.05, 0.1) is 0 Å². The summed E-state index contributed by atoms with van der Waals surface area (Å²) in [5.41, 5.74) is 2.12. The first kappa shape index (κ1) is 16.2. The van der Waals surface area contributed by atoms with Gasteiger partial charge < -0.3 is 13.3 Å². The average Bonchev–Trinajstić information content (AvgIpc) is 3.10. The van der Waals surface area contributed by atoms with E-state index in [0.717, 1.165) is 5.92 Å². The Hall–Kier alpha value is -0.163. The van der Waals surface area contributed by atoms with Crippen LogP contribution in [0, 0.1) is 11.8 Å². The Morgan fingerprint density at radius 1 is 1.15 bits per heavy atom.